The van der Waals surface area contributed by atoms with Gasteiger partial charge in [-0.1, -0.05) is 170 Å². The maximum Gasteiger partial charge on any atom is 0.160 e. The highest BCUT2D eigenvalue weighted by molar-refractivity contribution is 5.92. The zero-order valence-electron chi connectivity index (χ0n) is 34.7. The fourth-order valence-corrected chi connectivity index (χ4v) is 9.46. The van der Waals surface area contributed by atoms with Crippen molar-refractivity contribution in [2.24, 2.45) is 4.99 Å². The summed E-state index contributed by atoms with van der Waals surface area (Å²) in [6.07, 6.45) is 5.74. The number of rotatable bonds is 8. The number of aliphatic imine (C=N–C) groups is 1. The van der Waals surface area contributed by atoms with E-state index in [9.17, 15) is 0 Å². The molecule has 4 nitrogen and oxygen atoms in total. The molecule has 0 radical (unpaired) electrons. The predicted octanol–water partition coefficient (Wildman–Crippen LogP) is 14.9. The normalized spacial score (nSPS) is 13.2. The van der Waals surface area contributed by atoms with Gasteiger partial charge in [-0.2, -0.15) is 0 Å². The van der Waals surface area contributed by atoms with E-state index < -0.39 is 5.41 Å². The molecule has 9 aromatic rings. The monoisotopic (exact) mass is 807 g/mol. The number of ether oxygens (including phenoxy) is 1. The molecule has 2 heterocycles. The first-order chi connectivity index (χ1) is 31.1. The van der Waals surface area contributed by atoms with Crippen LogP contribution in [0.15, 0.2) is 224 Å². The van der Waals surface area contributed by atoms with Crippen molar-refractivity contribution in [3.63, 3.8) is 0 Å². The maximum atomic E-state index is 6.59. The molecule has 0 N–H and O–H groups in total. The number of fused-ring (bicyclic) bond motifs is 9. The first kappa shape index (κ1) is 37.8. The van der Waals surface area contributed by atoms with Crippen LogP contribution in [0.5, 0.6) is 11.5 Å². The number of aromatic nitrogens is 2. The molecular weight excluding hydrogens is 767 g/mol. The molecule has 1 aliphatic carbocycles. The van der Waals surface area contributed by atoms with E-state index in [0.717, 1.165) is 84.1 Å². The molecule has 0 amide bonds. The van der Waals surface area contributed by atoms with Crippen molar-refractivity contribution in [3.8, 4) is 78.8 Å². The van der Waals surface area contributed by atoms with Crippen LogP contribution in [0.3, 0.4) is 0 Å². The first-order valence-corrected chi connectivity index (χ1v) is 21.3. The molecule has 298 valence electrons. The number of benzene rings is 8. The zero-order valence-corrected chi connectivity index (χ0v) is 34.7. The van der Waals surface area contributed by atoms with Gasteiger partial charge in [-0.15, -0.1) is 0 Å². The molecule has 63 heavy (non-hydrogen) atoms. The van der Waals surface area contributed by atoms with Gasteiger partial charge in [-0.3, -0.25) is 4.99 Å². The molecule has 0 fully saturated rings. The van der Waals surface area contributed by atoms with Crippen molar-refractivity contribution in [3.05, 3.63) is 246 Å². The SMILES string of the molecule is C=N/C=C\C=C(/C)c1ccc2c(c1)-c1cc(-c3ccc(-c4cccc(-c5cc(-c6ccccc6)nc(-c6ccccc6)n5)c4)cc3)ccc1C21c2ccccc2Oc2ccccc21. The lowest BCUT2D eigenvalue weighted by molar-refractivity contribution is 0.436. The average molecular weight is 808 g/mol. The molecule has 1 aliphatic heterocycles. The molecule has 8 aromatic carbocycles. The Balaban J connectivity index is 0.995. The van der Waals surface area contributed by atoms with Crippen molar-refractivity contribution < 1.29 is 4.74 Å². The third-order valence-corrected chi connectivity index (χ3v) is 12.5. The van der Waals surface area contributed by atoms with Gasteiger partial charge < -0.3 is 4.74 Å². The Labute approximate surface area is 368 Å². The maximum absolute atomic E-state index is 6.59. The third kappa shape index (κ3) is 6.52. The second-order valence-corrected chi connectivity index (χ2v) is 16.1. The Bertz CT molecular complexity index is 3170. The molecular formula is C59H41N3O. The van der Waals surface area contributed by atoms with Gasteiger partial charge in [0.15, 0.2) is 5.82 Å². The lowest BCUT2D eigenvalue weighted by Gasteiger charge is -2.39. The van der Waals surface area contributed by atoms with E-state index in [4.69, 9.17) is 14.7 Å². The van der Waals surface area contributed by atoms with Gasteiger partial charge in [0.05, 0.1) is 16.8 Å². The molecule has 1 spiro atoms. The minimum atomic E-state index is -0.542. The minimum Gasteiger partial charge on any atom is -0.457 e. The van der Waals surface area contributed by atoms with Crippen molar-refractivity contribution in [2.75, 3.05) is 0 Å². The molecule has 0 saturated carbocycles. The third-order valence-electron chi connectivity index (χ3n) is 12.5. The smallest absolute Gasteiger partial charge is 0.160 e. The largest absolute Gasteiger partial charge is 0.457 e. The lowest BCUT2D eigenvalue weighted by atomic mass is 9.66. The average Bonchev–Trinajstić information content (AvgIpc) is 3.63. The van der Waals surface area contributed by atoms with Gasteiger partial charge in [-0.25, -0.2) is 9.97 Å². The van der Waals surface area contributed by atoms with E-state index in [1.54, 1.807) is 6.20 Å². The second kappa shape index (κ2) is 15.7. The van der Waals surface area contributed by atoms with Crippen LogP contribution in [0.25, 0.3) is 72.9 Å². The van der Waals surface area contributed by atoms with E-state index in [1.807, 2.05) is 42.5 Å². The van der Waals surface area contributed by atoms with Crippen molar-refractivity contribution in [2.45, 2.75) is 12.3 Å². The van der Waals surface area contributed by atoms with Gasteiger partial charge in [-0.05, 0) is 112 Å². The number of hydrogen-bond acceptors (Lipinski definition) is 4. The van der Waals surface area contributed by atoms with Gasteiger partial charge >= 0.3 is 0 Å². The zero-order chi connectivity index (χ0) is 42.3. The van der Waals surface area contributed by atoms with Crippen LogP contribution < -0.4 is 4.74 Å². The summed E-state index contributed by atoms with van der Waals surface area (Å²) in [4.78, 5) is 14.0. The minimum absolute atomic E-state index is 0.542. The van der Waals surface area contributed by atoms with Crippen LogP contribution in [0, 0.1) is 0 Å². The number of allylic oxidation sites excluding steroid dienone is 3. The molecule has 0 unspecified atom stereocenters. The fraction of sp³-hybridized carbons (Fsp3) is 0.0339. The molecule has 1 aromatic heterocycles. The topological polar surface area (TPSA) is 47.4 Å². The molecule has 2 aliphatic rings. The first-order valence-electron chi connectivity index (χ1n) is 21.3. The molecule has 0 bridgehead atoms. The highest BCUT2D eigenvalue weighted by Crippen LogP contribution is 2.62. The predicted molar refractivity (Wildman–Crippen MR) is 259 cm³/mol. The van der Waals surface area contributed by atoms with Crippen molar-refractivity contribution in [1.82, 2.24) is 9.97 Å². The van der Waals surface area contributed by atoms with E-state index in [-0.39, 0.29) is 0 Å². The number of hydrogen-bond donors (Lipinski definition) is 0. The van der Waals surface area contributed by atoms with Crippen LogP contribution in [-0.4, -0.2) is 16.7 Å². The number of para-hydroxylation sites is 2. The Hall–Kier alpha value is -8.21. The van der Waals surface area contributed by atoms with Crippen LogP contribution in [0.1, 0.15) is 34.7 Å². The molecule has 4 heteroatoms. The van der Waals surface area contributed by atoms with Crippen LogP contribution in [-0.2, 0) is 5.41 Å². The van der Waals surface area contributed by atoms with Crippen LogP contribution >= 0.6 is 0 Å². The van der Waals surface area contributed by atoms with E-state index in [0.29, 0.717) is 5.82 Å². The fourth-order valence-electron chi connectivity index (χ4n) is 9.46. The summed E-state index contributed by atoms with van der Waals surface area (Å²) in [5, 5.41) is 0. The summed E-state index contributed by atoms with van der Waals surface area (Å²) >= 11 is 0. The van der Waals surface area contributed by atoms with Crippen LogP contribution in [0.4, 0.5) is 0 Å². The molecule has 0 atom stereocenters. The van der Waals surface area contributed by atoms with Gasteiger partial charge in [0.25, 0.3) is 0 Å². The van der Waals surface area contributed by atoms with Gasteiger partial charge in [0.1, 0.15) is 11.5 Å². The van der Waals surface area contributed by atoms with Crippen molar-refractivity contribution in [1.29, 1.82) is 0 Å². The van der Waals surface area contributed by atoms with E-state index in [1.165, 1.54) is 22.3 Å². The Morgan fingerprint density at radius 3 is 1.67 bits per heavy atom. The van der Waals surface area contributed by atoms with Crippen LogP contribution in [0.2, 0.25) is 0 Å². The van der Waals surface area contributed by atoms with Crippen molar-refractivity contribution >= 4 is 12.3 Å². The summed E-state index contributed by atoms with van der Waals surface area (Å²) in [6, 6.07) is 71.1. The highest BCUT2D eigenvalue weighted by Gasteiger charge is 2.51. The lowest BCUT2D eigenvalue weighted by Crippen LogP contribution is -2.32. The van der Waals surface area contributed by atoms with E-state index in [2.05, 4.69) is 189 Å². The Kier molecular flexibility index (Phi) is 9.40. The summed E-state index contributed by atoms with van der Waals surface area (Å²) in [5.74, 6) is 2.47. The molecule has 0 saturated heterocycles. The molecule has 11 rings (SSSR count). The highest BCUT2D eigenvalue weighted by atomic mass is 16.5. The van der Waals surface area contributed by atoms with E-state index >= 15 is 0 Å². The standard InChI is InChI=1S/C59H41N3O/c1-39(15-14-34-60-2)44-30-32-50-48(36-44)49-37-46(31-33-51(49)59(50)52-22-9-11-24-56(52)63-57-25-12-10-23-53(57)59)41-28-26-40(27-29-41)45-20-13-21-47(35-45)55-38-54(42-16-5-3-6-17-42)61-58(62-55)43-18-7-4-8-19-43/h3-38H,2H2,1H3/b34-14-,39-15+. The Morgan fingerprint density at radius 1 is 0.476 bits per heavy atom. The second-order valence-electron chi connectivity index (χ2n) is 16.1. The summed E-state index contributed by atoms with van der Waals surface area (Å²) in [5.41, 5.74) is 18.4. The Morgan fingerprint density at radius 2 is 1.00 bits per heavy atom. The summed E-state index contributed by atoms with van der Waals surface area (Å²) < 4.78 is 6.59. The van der Waals surface area contributed by atoms with Gasteiger partial charge in [0, 0.05) is 34.0 Å². The summed E-state index contributed by atoms with van der Waals surface area (Å²) in [7, 11) is 0. The van der Waals surface area contributed by atoms with Gasteiger partial charge in [0.2, 0.25) is 0 Å². The number of nitrogens with zero attached hydrogens (tertiary/aromatic N) is 3. The quantitative estimate of drug-likeness (QED) is 0.113. The summed E-state index contributed by atoms with van der Waals surface area (Å²) in [6.45, 7) is 5.74.